The normalized spacial score (nSPS) is 15.3. The molecular formula is C28H18N2O4. The van der Waals surface area contributed by atoms with E-state index in [1.54, 1.807) is 12.1 Å². The molecule has 0 unspecified atom stereocenters. The zero-order chi connectivity index (χ0) is 23.6. The first-order valence-electron chi connectivity index (χ1n) is 11.2. The lowest BCUT2D eigenvalue weighted by molar-refractivity contribution is 0.0828. The largest absolute Gasteiger partial charge is 0.288 e. The molecule has 0 saturated carbocycles. The smallest absolute Gasteiger partial charge is 0.259 e. The summed E-state index contributed by atoms with van der Waals surface area (Å²) >= 11 is 0. The maximum Gasteiger partial charge on any atom is 0.259 e. The Morgan fingerprint density at radius 3 is 1.65 bits per heavy atom. The van der Waals surface area contributed by atoms with E-state index < -0.39 is 11.8 Å². The van der Waals surface area contributed by atoms with Crippen LogP contribution in [0.25, 0.3) is 43.1 Å². The molecule has 0 saturated heterocycles. The van der Waals surface area contributed by atoms with E-state index in [4.69, 9.17) is 0 Å². The second-order valence-electron chi connectivity index (χ2n) is 9.55. The third-order valence-electron chi connectivity index (χ3n) is 7.39. The predicted octanol–water partition coefficient (Wildman–Crippen LogP) is 4.94. The number of hydrogen-bond donors (Lipinski definition) is 2. The molecule has 0 fully saturated rings. The van der Waals surface area contributed by atoms with Crippen molar-refractivity contribution in [3.05, 3.63) is 69.8 Å². The Hall–Kier alpha value is -4.32. The highest BCUT2D eigenvalue weighted by atomic mass is 16.2. The van der Waals surface area contributed by atoms with Gasteiger partial charge in [-0.3, -0.25) is 29.8 Å². The first kappa shape index (κ1) is 19.2. The van der Waals surface area contributed by atoms with Crippen LogP contribution in [0.4, 0.5) is 0 Å². The first-order chi connectivity index (χ1) is 16.3. The van der Waals surface area contributed by atoms with Crippen molar-refractivity contribution in [1.82, 2.24) is 10.6 Å². The van der Waals surface area contributed by atoms with Crippen LogP contribution in [0.1, 0.15) is 72.3 Å². The molecule has 2 aliphatic rings. The van der Waals surface area contributed by atoms with Crippen LogP contribution >= 0.6 is 0 Å². The van der Waals surface area contributed by atoms with Gasteiger partial charge in [-0.2, -0.15) is 0 Å². The lowest BCUT2D eigenvalue weighted by Crippen LogP contribution is -2.36. The van der Waals surface area contributed by atoms with E-state index in [0.29, 0.717) is 33.0 Å². The molecule has 6 heteroatoms. The summed E-state index contributed by atoms with van der Waals surface area (Å²) in [4.78, 5) is 51.3. The number of aryl methyl sites for hydroxylation is 1. The van der Waals surface area contributed by atoms with E-state index in [2.05, 4.69) is 10.6 Å². The average Bonchev–Trinajstić information content (AvgIpc) is 2.79. The first-order valence-corrected chi connectivity index (χ1v) is 11.2. The highest BCUT2D eigenvalue weighted by molar-refractivity contribution is 6.41. The van der Waals surface area contributed by atoms with Crippen LogP contribution in [-0.2, 0) is 0 Å². The fraction of sp³-hybridized carbons (Fsp3) is 0.143. The maximum atomic E-state index is 13.0. The van der Waals surface area contributed by atoms with Crippen LogP contribution in [0.15, 0.2) is 36.4 Å². The number of imide groups is 2. The molecule has 4 amide bonds. The van der Waals surface area contributed by atoms with Gasteiger partial charge in [0.15, 0.2) is 0 Å². The number of benzene rings is 5. The molecule has 164 valence electrons. The van der Waals surface area contributed by atoms with Gasteiger partial charge in [-0.05, 0) is 80.6 Å². The lowest BCUT2D eigenvalue weighted by Gasteiger charge is -2.26. The molecule has 0 atom stereocenters. The summed E-state index contributed by atoms with van der Waals surface area (Å²) in [6.45, 7) is 5.91. The summed E-state index contributed by atoms with van der Waals surface area (Å²) in [6.07, 6.45) is 0. The van der Waals surface area contributed by atoms with E-state index in [0.717, 1.165) is 43.4 Å². The molecular weight excluding hydrogens is 428 g/mol. The third kappa shape index (κ3) is 2.07. The Labute approximate surface area is 193 Å². The van der Waals surface area contributed by atoms with Crippen molar-refractivity contribution in [3.8, 4) is 0 Å². The van der Waals surface area contributed by atoms with Crippen molar-refractivity contribution in [2.75, 3.05) is 0 Å². The summed E-state index contributed by atoms with van der Waals surface area (Å²) < 4.78 is 0. The predicted molar refractivity (Wildman–Crippen MR) is 130 cm³/mol. The van der Waals surface area contributed by atoms with Gasteiger partial charge in [0.1, 0.15) is 0 Å². The number of rotatable bonds is 1. The van der Waals surface area contributed by atoms with Crippen LogP contribution < -0.4 is 10.6 Å². The Morgan fingerprint density at radius 1 is 0.588 bits per heavy atom. The van der Waals surface area contributed by atoms with Crippen molar-refractivity contribution in [1.29, 1.82) is 0 Å². The summed E-state index contributed by atoms with van der Waals surface area (Å²) in [5.41, 5.74) is 3.66. The van der Waals surface area contributed by atoms with Crippen molar-refractivity contribution < 1.29 is 19.2 Å². The minimum atomic E-state index is -0.401. The molecule has 34 heavy (non-hydrogen) atoms. The monoisotopic (exact) mass is 446 g/mol. The Bertz CT molecular complexity index is 1860. The topological polar surface area (TPSA) is 92.3 Å². The van der Waals surface area contributed by atoms with Crippen LogP contribution in [0.2, 0.25) is 0 Å². The van der Waals surface area contributed by atoms with Crippen LogP contribution in [0, 0.1) is 6.92 Å². The minimum absolute atomic E-state index is 0.0436. The zero-order valence-corrected chi connectivity index (χ0v) is 18.7. The number of fused-ring (bicyclic) bond motifs is 2. The van der Waals surface area contributed by atoms with Crippen LogP contribution in [-0.4, -0.2) is 23.6 Å². The zero-order valence-electron chi connectivity index (χ0n) is 18.7. The molecule has 0 aliphatic carbocycles. The number of carbonyl (C=O) groups excluding carboxylic acids is 4. The van der Waals surface area contributed by atoms with Gasteiger partial charge in [-0.1, -0.05) is 26.0 Å². The quantitative estimate of drug-likeness (QED) is 0.217. The van der Waals surface area contributed by atoms with Gasteiger partial charge in [0.05, 0.1) is 11.1 Å². The molecule has 2 heterocycles. The van der Waals surface area contributed by atoms with E-state index in [-0.39, 0.29) is 17.7 Å². The molecule has 0 aromatic heterocycles. The van der Waals surface area contributed by atoms with E-state index in [9.17, 15) is 19.2 Å². The minimum Gasteiger partial charge on any atom is -0.288 e. The number of amides is 4. The highest BCUT2D eigenvalue weighted by Gasteiger charge is 2.33. The van der Waals surface area contributed by atoms with Gasteiger partial charge in [0.2, 0.25) is 0 Å². The standard InChI is InChI=1S/C28H18N2O4/c1-10(2)16-9-18-13-5-6-14-22-19(27(33)29-25(14)31)11(3)8-17(20(13)22)12-4-7-15-23(21(12)18)24(16)28(34)30-26(15)32/h4-10H,1-3H3,(H,29,31,33)(H,30,32,34). The lowest BCUT2D eigenvalue weighted by atomic mass is 9.79. The summed E-state index contributed by atoms with van der Waals surface area (Å²) in [5, 5.41) is 11.6. The van der Waals surface area contributed by atoms with Crippen LogP contribution in [0.5, 0.6) is 0 Å². The second kappa shape index (κ2) is 5.97. The average molecular weight is 446 g/mol. The Morgan fingerprint density at radius 2 is 1.09 bits per heavy atom. The van der Waals surface area contributed by atoms with Crippen molar-refractivity contribution in [2.45, 2.75) is 26.7 Å². The number of carbonyl (C=O) groups is 4. The van der Waals surface area contributed by atoms with Crippen molar-refractivity contribution >= 4 is 66.7 Å². The van der Waals surface area contributed by atoms with Gasteiger partial charge in [-0.25, -0.2) is 0 Å². The Kier molecular flexibility index (Phi) is 3.37. The van der Waals surface area contributed by atoms with Crippen molar-refractivity contribution in [2.24, 2.45) is 0 Å². The molecule has 5 aromatic carbocycles. The number of hydrogen-bond acceptors (Lipinski definition) is 4. The van der Waals surface area contributed by atoms with Crippen molar-refractivity contribution in [3.63, 3.8) is 0 Å². The summed E-state index contributed by atoms with van der Waals surface area (Å²) in [7, 11) is 0. The van der Waals surface area contributed by atoms with Gasteiger partial charge in [0, 0.05) is 21.9 Å². The molecule has 5 aromatic rings. The molecule has 0 bridgehead atoms. The van der Waals surface area contributed by atoms with Gasteiger partial charge in [-0.15, -0.1) is 0 Å². The van der Waals surface area contributed by atoms with E-state index in [1.165, 1.54) is 0 Å². The van der Waals surface area contributed by atoms with Gasteiger partial charge in [0.25, 0.3) is 23.6 Å². The maximum absolute atomic E-state index is 13.0. The van der Waals surface area contributed by atoms with Gasteiger partial charge < -0.3 is 0 Å². The molecule has 2 N–H and O–H groups in total. The fourth-order valence-corrected chi connectivity index (χ4v) is 6.00. The fourth-order valence-electron chi connectivity index (χ4n) is 6.00. The van der Waals surface area contributed by atoms with Crippen LogP contribution in [0.3, 0.4) is 0 Å². The molecule has 6 nitrogen and oxygen atoms in total. The summed E-state index contributed by atoms with van der Waals surface area (Å²) in [5.74, 6) is -1.52. The molecule has 0 spiro atoms. The number of nitrogens with one attached hydrogen (secondary N) is 2. The van der Waals surface area contributed by atoms with E-state index >= 15 is 0 Å². The Balaban J connectivity index is 1.85. The molecule has 2 aliphatic heterocycles. The third-order valence-corrected chi connectivity index (χ3v) is 7.39. The second-order valence-corrected chi connectivity index (χ2v) is 9.55. The van der Waals surface area contributed by atoms with Gasteiger partial charge >= 0.3 is 0 Å². The molecule has 7 rings (SSSR count). The van der Waals surface area contributed by atoms with E-state index in [1.807, 2.05) is 45.0 Å². The highest BCUT2D eigenvalue weighted by Crippen LogP contribution is 2.47. The SMILES string of the molecule is Cc1cc2c3ccc4c5c(c(C(C)C)cc(c6ccc7c(c1C(=O)NC7=O)c26)c53)C(=O)NC4=O. The molecule has 0 radical (unpaired) electrons. The summed E-state index contributed by atoms with van der Waals surface area (Å²) in [6, 6.07) is 11.4.